The van der Waals surface area contributed by atoms with E-state index in [0.717, 1.165) is 63.5 Å². The van der Waals surface area contributed by atoms with Crippen molar-refractivity contribution >= 4 is 5.91 Å². The summed E-state index contributed by atoms with van der Waals surface area (Å²) in [6, 6.07) is 1.83. The lowest BCUT2D eigenvalue weighted by molar-refractivity contribution is 0.0743. The highest BCUT2D eigenvalue weighted by molar-refractivity contribution is 5.94. The number of hydrogen-bond donors (Lipinski definition) is 0. The van der Waals surface area contributed by atoms with Crippen molar-refractivity contribution < 1.29 is 18.0 Å². The molecule has 1 amide bonds. The Labute approximate surface area is 143 Å². The van der Waals surface area contributed by atoms with E-state index < -0.39 is 23.4 Å². The molecule has 2 nitrogen and oxygen atoms in total. The molecule has 0 aliphatic carbocycles. The largest absolute Gasteiger partial charge is 0.339 e. The molecule has 5 heteroatoms. The molecule has 0 aliphatic rings. The molecule has 0 aromatic heterocycles. The number of unbranched alkanes of at least 4 members (excludes halogenated alkanes) is 6. The zero-order valence-corrected chi connectivity index (χ0v) is 14.7. The number of carbonyl (C=O) groups is 1. The minimum absolute atomic E-state index is 0.389. The molecule has 0 spiro atoms. The van der Waals surface area contributed by atoms with Gasteiger partial charge in [0.25, 0.3) is 5.91 Å². The van der Waals surface area contributed by atoms with E-state index >= 15 is 0 Å². The molecule has 0 N–H and O–H groups in total. The van der Waals surface area contributed by atoms with Crippen molar-refractivity contribution in [2.24, 2.45) is 0 Å². The van der Waals surface area contributed by atoms with Crippen molar-refractivity contribution in [2.75, 3.05) is 13.1 Å². The van der Waals surface area contributed by atoms with Gasteiger partial charge in [0.1, 0.15) is 0 Å². The summed E-state index contributed by atoms with van der Waals surface area (Å²) in [7, 11) is 0. The molecule has 136 valence electrons. The fourth-order valence-electron chi connectivity index (χ4n) is 2.64. The van der Waals surface area contributed by atoms with E-state index in [4.69, 9.17) is 0 Å². The molecule has 1 aromatic rings. The zero-order chi connectivity index (χ0) is 17.9. The number of nitrogens with zero attached hydrogens (tertiary/aromatic N) is 1. The Bertz CT molecular complexity index is 508. The molecule has 0 radical (unpaired) electrons. The first-order valence-corrected chi connectivity index (χ1v) is 8.95. The maximum Gasteiger partial charge on any atom is 0.256 e. The van der Waals surface area contributed by atoms with Crippen molar-refractivity contribution in [2.45, 2.75) is 65.2 Å². The summed E-state index contributed by atoms with van der Waals surface area (Å²) in [6.45, 7) is 5.24. The molecule has 1 aromatic carbocycles. The average Bonchev–Trinajstić information content (AvgIpc) is 2.58. The number of rotatable bonds is 11. The van der Waals surface area contributed by atoms with Gasteiger partial charge >= 0.3 is 0 Å². The Kier molecular flexibility index (Phi) is 9.50. The Morgan fingerprint density at radius 3 is 1.88 bits per heavy atom. The van der Waals surface area contributed by atoms with Gasteiger partial charge in [0.05, 0.1) is 5.56 Å². The van der Waals surface area contributed by atoms with Gasteiger partial charge < -0.3 is 4.90 Å². The van der Waals surface area contributed by atoms with Crippen LogP contribution in [0.1, 0.15) is 75.6 Å². The van der Waals surface area contributed by atoms with E-state index in [1.807, 2.05) is 0 Å². The molecule has 0 bridgehead atoms. The highest BCUT2D eigenvalue weighted by Crippen LogP contribution is 2.18. The predicted octanol–water partition coefficient (Wildman–Crippen LogP) is 5.71. The smallest absolute Gasteiger partial charge is 0.256 e. The summed E-state index contributed by atoms with van der Waals surface area (Å²) < 4.78 is 40.4. The normalized spacial score (nSPS) is 10.9. The van der Waals surface area contributed by atoms with Crippen LogP contribution in [0, 0.1) is 17.5 Å². The molecule has 1 rings (SSSR count). The van der Waals surface area contributed by atoms with Crippen LogP contribution >= 0.6 is 0 Å². The topological polar surface area (TPSA) is 20.3 Å². The van der Waals surface area contributed by atoms with Crippen LogP contribution in [0.5, 0.6) is 0 Å². The van der Waals surface area contributed by atoms with Crippen molar-refractivity contribution in [3.8, 4) is 0 Å². The zero-order valence-electron chi connectivity index (χ0n) is 14.7. The fourth-order valence-corrected chi connectivity index (χ4v) is 2.64. The van der Waals surface area contributed by atoms with Gasteiger partial charge in [0, 0.05) is 13.1 Å². The van der Waals surface area contributed by atoms with Crippen molar-refractivity contribution in [1.29, 1.82) is 0 Å². The average molecular weight is 343 g/mol. The van der Waals surface area contributed by atoms with E-state index in [0.29, 0.717) is 13.1 Å². The molecule has 0 aliphatic heterocycles. The lowest BCUT2D eigenvalue weighted by Gasteiger charge is -2.23. The summed E-state index contributed by atoms with van der Waals surface area (Å²) in [4.78, 5) is 14.1. The first-order valence-electron chi connectivity index (χ1n) is 8.95. The van der Waals surface area contributed by atoms with Gasteiger partial charge in [-0.25, -0.2) is 13.2 Å². The second-order valence-corrected chi connectivity index (χ2v) is 6.14. The van der Waals surface area contributed by atoms with E-state index in [-0.39, 0.29) is 5.56 Å². The first-order chi connectivity index (χ1) is 11.5. The van der Waals surface area contributed by atoms with Gasteiger partial charge in [-0.2, -0.15) is 0 Å². The van der Waals surface area contributed by atoms with Crippen LogP contribution < -0.4 is 0 Å². The third kappa shape index (κ3) is 6.17. The predicted molar refractivity (Wildman–Crippen MR) is 90.5 cm³/mol. The van der Waals surface area contributed by atoms with Crippen molar-refractivity contribution in [3.05, 3.63) is 35.1 Å². The van der Waals surface area contributed by atoms with Gasteiger partial charge in [-0.05, 0) is 25.0 Å². The van der Waals surface area contributed by atoms with Crippen molar-refractivity contribution in [3.63, 3.8) is 0 Å². The highest BCUT2D eigenvalue weighted by atomic mass is 19.2. The first kappa shape index (κ1) is 20.5. The SMILES string of the molecule is CCCCCCN(CCCCCC)C(=O)c1ccc(F)c(F)c1F. The van der Waals surface area contributed by atoms with Gasteiger partial charge in [-0.3, -0.25) is 4.79 Å². The lowest BCUT2D eigenvalue weighted by atomic mass is 10.1. The summed E-state index contributed by atoms with van der Waals surface area (Å²) in [5.74, 6) is -4.81. The minimum Gasteiger partial charge on any atom is -0.339 e. The molecular weight excluding hydrogens is 315 g/mol. The van der Waals surface area contributed by atoms with Crippen LogP contribution in [0.4, 0.5) is 13.2 Å². The molecule has 0 saturated carbocycles. The van der Waals surface area contributed by atoms with Gasteiger partial charge in [0.15, 0.2) is 17.5 Å². The van der Waals surface area contributed by atoms with E-state index in [1.54, 1.807) is 4.90 Å². The fraction of sp³-hybridized carbons (Fsp3) is 0.632. The molecule has 0 heterocycles. The molecule has 0 atom stereocenters. The number of carbonyl (C=O) groups excluding carboxylic acids is 1. The standard InChI is InChI=1S/C19H28F3NO/c1-3-5-7-9-13-23(14-10-8-6-4-2)19(24)15-11-12-16(20)18(22)17(15)21/h11-12H,3-10,13-14H2,1-2H3. The summed E-state index contributed by atoms with van der Waals surface area (Å²) in [5, 5.41) is 0. The molecule has 0 fully saturated rings. The summed E-state index contributed by atoms with van der Waals surface area (Å²) >= 11 is 0. The molecule has 24 heavy (non-hydrogen) atoms. The number of halogens is 3. The second kappa shape index (κ2) is 11.1. The Balaban J connectivity index is 2.79. The summed E-state index contributed by atoms with van der Waals surface area (Å²) in [5.41, 5.74) is -0.389. The monoisotopic (exact) mass is 343 g/mol. The lowest BCUT2D eigenvalue weighted by Crippen LogP contribution is -2.34. The van der Waals surface area contributed by atoms with Gasteiger partial charge in [0.2, 0.25) is 0 Å². The molecule has 0 unspecified atom stereocenters. The Morgan fingerprint density at radius 1 is 0.833 bits per heavy atom. The van der Waals surface area contributed by atoms with Crippen LogP contribution in [0.2, 0.25) is 0 Å². The van der Waals surface area contributed by atoms with Gasteiger partial charge in [-0.1, -0.05) is 52.4 Å². The van der Waals surface area contributed by atoms with Crippen LogP contribution in [0.3, 0.4) is 0 Å². The van der Waals surface area contributed by atoms with Crippen LogP contribution in [-0.4, -0.2) is 23.9 Å². The minimum atomic E-state index is -1.59. The van der Waals surface area contributed by atoms with Crippen LogP contribution in [0.25, 0.3) is 0 Å². The van der Waals surface area contributed by atoms with Crippen LogP contribution in [-0.2, 0) is 0 Å². The Hall–Kier alpha value is -1.52. The Morgan fingerprint density at radius 2 is 1.38 bits per heavy atom. The highest BCUT2D eigenvalue weighted by Gasteiger charge is 2.22. The van der Waals surface area contributed by atoms with E-state index in [1.165, 1.54) is 0 Å². The maximum atomic E-state index is 13.9. The van der Waals surface area contributed by atoms with E-state index in [2.05, 4.69) is 13.8 Å². The molecule has 0 saturated heterocycles. The number of benzene rings is 1. The van der Waals surface area contributed by atoms with Gasteiger partial charge in [-0.15, -0.1) is 0 Å². The third-order valence-corrected chi connectivity index (χ3v) is 4.12. The second-order valence-electron chi connectivity index (χ2n) is 6.14. The number of amides is 1. The maximum absolute atomic E-state index is 13.9. The van der Waals surface area contributed by atoms with E-state index in [9.17, 15) is 18.0 Å². The quantitative estimate of drug-likeness (QED) is 0.372. The van der Waals surface area contributed by atoms with Crippen molar-refractivity contribution in [1.82, 2.24) is 4.90 Å². The summed E-state index contributed by atoms with van der Waals surface area (Å²) in [6.07, 6.45) is 7.99. The number of hydrogen-bond acceptors (Lipinski definition) is 1. The van der Waals surface area contributed by atoms with Crippen LogP contribution in [0.15, 0.2) is 12.1 Å². The molecular formula is C19H28F3NO. The third-order valence-electron chi connectivity index (χ3n) is 4.12.